The van der Waals surface area contributed by atoms with E-state index in [0.29, 0.717) is 5.69 Å². The molecule has 0 unspecified atom stereocenters. The van der Waals surface area contributed by atoms with Gasteiger partial charge in [-0.25, -0.2) is 4.98 Å². The Kier molecular flexibility index (Phi) is 3.53. The smallest absolute Gasteiger partial charge is 0.309 e. The van der Waals surface area contributed by atoms with Crippen molar-refractivity contribution in [2.24, 2.45) is 0 Å². The monoisotopic (exact) mass is 236 g/mol. The molecule has 1 saturated heterocycles. The van der Waals surface area contributed by atoms with Crippen LogP contribution in [0.15, 0.2) is 12.4 Å². The van der Waals surface area contributed by atoms with Crippen molar-refractivity contribution in [1.82, 2.24) is 14.9 Å². The van der Waals surface area contributed by atoms with Crippen LogP contribution in [0.2, 0.25) is 0 Å². The fraction of sp³-hybridized carbons (Fsp3) is 0.545. The number of piperazine rings is 1. The number of aromatic nitrogens is 2. The lowest BCUT2D eigenvalue weighted by Gasteiger charge is -2.32. The molecular weight excluding hydrogens is 220 g/mol. The molecule has 92 valence electrons. The Hall–Kier alpha value is -1.69. The molecule has 2 rings (SSSR count). The van der Waals surface area contributed by atoms with Crippen molar-refractivity contribution in [3.05, 3.63) is 18.1 Å². The summed E-state index contributed by atoms with van der Waals surface area (Å²) in [6, 6.07) is 0. The Morgan fingerprint density at radius 1 is 1.29 bits per heavy atom. The first kappa shape index (κ1) is 11.8. The number of aliphatic carboxylic acids is 1. The number of carboxylic acid groups (broad SMARTS) is 1. The first-order valence-corrected chi connectivity index (χ1v) is 5.61. The van der Waals surface area contributed by atoms with Crippen molar-refractivity contribution >= 4 is 11.8 Å². The molecule has 0 radical (unpaired) electrons. The molecule has 6 nitrogen and oxygen atoms in total. The van der Waals surface area contributed by atoms with E-state index >= 15 is 0 Å². The van der Waals surface area contributed by atoms with Crippen LogP contribution in [0.3, 0.4) is 0 Å². The lowest BCUT2D eigenvalue weighted by atomic mass is 10.3. The second-order valence-corrected chi connectivity index (χ2v) is 4.23. The van der Waals surface area contributed by atoms with Gasteiger partial charge in [-0.3, -0.25) is 9.78 Å². The summed E-state index contributed by atoms with van der Waals surface area (Å²) in [6.45, 7) is 3.89. The molecule has 0 aliphatic carbocycles. The molecule has 1 N–H and O–H groups in total. The number of nitrogens with zero attached hydrogens (tertiary/aromatic N) is 4. The van der Waals surface area contributed by atoms with Crippen LogP contribution in [0, 0.1) is 0 Å². The normalized spacial score (nSPS) is 17.1. The SMILES string of the molecule is CN1CCN(c2cnc(CC(=O)O)cn2)CC1. The van der Waals surface area contributed by atoms with E-state index < -0.39 is 5.97 Å². The highest BCUT2D eigenvalue weighted by Gasteiger charge is 2.15. The molecule has 0 aromatic carbocycles. The maximum Gasteiger partial charge on any atom is 0.309 e. The van der Waals surface area contributed by atoms with Gasteiger partial charge in [0.15, 0.2) is 0 Å². The van der Waals surface area contributed by atoms with Gasteiger partial charge in [0.25, 0.3) is 0 Å². The molecule has 17 heavy (non-hydrogen) atoms. The van der Waals surface area contributed by atoms with E-state index in [-0.39, 0.29) is 6.42 Å². The van der Waals surface area contributed by atoms with Crippen LogP contribution in [0.5, 0.6) is 0 Å². The van der Waals surface area contributed by atoms with E-state index in [9.17, 15) is 4.79 Å². The zero-order valence-electron chi connectivity index (χ0n) is 9.83. The predicted octanol–water partition coefficient (Wildman–Crippen LogP) is -0.145. The minimum absolute atomic E-state index is 0.0734. The average Bonchev–Trinajstić information content (AvgIpc) is 2.30. The molecule has 1 aliphatic rings. The summed E-state index contributed by atoms with van der Waals surface area (Å²) >= 11 is 0. The molecule has 1 aromatic heterocycles. The van der Waals surface area contributed by atoms with E-state index in [4.69, 9.17) is 5.11 Å². The summed E-state index contributed by atoms with van der Waals surface area (Å²) in [4.78, 5) is 23.3. The number of rotatable bonds is 3. The van der Waals surface area contributed by atoms with Gasteiger partial charge in [-0.05, 0) is 7.05 Å². The number of carboxylic acids is 1. The molecule has 0 amide bonds. The highest BCUT2D eigenvalue weighted by Crippen LogP contribution is 2.11. The van der Waals surface area contributed by atoms with Crippen molar-refractivity contribution in [3.8, 4) is 0 Å². The van der Waals surface area contributed by atoms with Crippen LogP contribution in [0.1, 0.15) is 5.69 Å². The lowest BCUT2D eigenvalue weighted by Crippen LogP contribution is -2.44. The summed E-state index contributed by atoms with van der Waals surface area (Å²) in [7, 11) is 2.10. The molecule has 1 fully saturated rings. The minimum atomic E-state index is -0.883. The number of carbonyl (C=O) groups is 1. The molecular formula is C11H16N4O2. The Labute approximate surface area is 99.9 Å². The zero-order chi connectivity index (χ0) is 12.3. The lowest BCUT2D eigenvalue weighted by molar-refractivity contribution is -0.136. The summed E-state index contributed by atoms with van der Waals surface area (Å²) in [5.74, 6) is -0.0566. The van der Waals surface area contributed by atoms with Gasteiger partial charge in [-0.2, -0.15) is 0 Å². The molecule has 0 saturated carbocycles. The molecule has 0 spiro atoms. The van der Waals surface area contributed by atoms with Crippen molar-refractivity contribution < 1.29 is 9.90 Å². The standard InChI is InChI=1S/C11H16N4O2/c1-14-2-4-15(5-3-14)10-8-12-9(7-13-10)6-11(16)17/h7-8H,2-6H2,1H3,(H,16,17). The van der Waals surface area contributed by atoms with Crippen LogP contribution >= 0.6 is 0 Å². The maximum absolute atomic E-state index is 10.5. The van der Waals surface area contributed by atoms with E-state index in [2.05, 4.69) is 26.8 Å². The van der Waals surface area contributed by atoms with Gasteiger partial charge in [-0.15, -0.1) is 0 Å². The third-order valence-electron chi connectivity index (χ3n) is 2.85. The summed E-state index contributed by atoms with van der Waals surface area (Å²) in [5, 5.41) is 8.63. The fourth-order valence-electron chi connectivity index (χ4n) is 1.79. The quantitative estimate of drug-likeness (QED) is 0.787. The number of hydrogen-bond acceptors (Lipinski definition) is 5. The number of anilines is 1. The second-order valence-electron chi connectivity index (χ2n) is 4.23. The van der Waals surface area contributed by atoms with Crippen LogP contribution in [0.25, 0.3) is 0 Å². The zero-order valence-corrected chi connectivity index (χ0v) is 9.83. The van der Waals surface area contributed by atoms with Crippen LogP contribution < -0.4 is 4.90 Å². The highest BCUT2D eigenvalue weighted by atomic mass is 16.4. The average molecular weight is 236 g/mol. The second kappa shape index (κ2) is 5.09. The molecule has 6 heteroatoms. The van der Waals surface area contributed by atoms with Crippen molar-refractivity contribution in [2.45, 2.75) is 6.42 Å². The summed E-state index contributed by atoms with van der Waals surface area (Å²) in [6.07, 6.45) is 3.13. The van der Waals surface area contributed by atoms with Crippen LogP contribution in [-0.4, -0.2) is 59.2 Å². The topological polar surface area (TPSA) is 69.6 Å². The first-order chi connectivity index (χ1) is 8.15. The highest BCUT2D eigenvalue weighted by molar-refractivity contribution is 5.69. The maximum atomic E-state index is 10.5. The molecule has 0 bridgehead atoms. The number of hydrogen-bond donors (Lipinski definition) is 1. The summed E-state index contributed by atoms with van der Waals surface area (Å²) < 4.78 is 0. The molecule has 1 aromatic rings. The minimum Gasteiger partial charge on any atom is -0.481 e. The van der Waals surface area contributed by atoms with Gasteiger partial charge in [0, 0.05) is 26.2 Å². The Morgan fingerprint density at radius 3 is 2.53 bits per heavy atom. The Bertz CT molecular complexity index is 385. The van der Waals surface area contributed by atoms with E-state index in [0.717, 1.165) is 32.0 Å². The third-order valence-corrected chi connectivity index (χ3v) is 2.85. The van der Waals surface area contributed by atoms with Crippen molar-refractivity contribution in [1.29, 1.82) is 0 Å². The van der Waals surface area contributed by atoms with Crippen LogP contribution in [-0.2, 0) is 11.2 Å². The number of likely N-dealkylation sites (N-methyl/N-ethyl adjacent to an activating group) is 1. The van der Waals surface area contributed by atoms with E-state index in [1.165, 1.54) is 0 Å². The van der Waals surface area contributed by atoms with Gasteiger partial charge in [0.2, 0.25) is 0 Å². The van der Waals surface area contributed by atoms with Gasteiger partial charge in [-0.1, -0.05) is 0 Å². The third kappa shape index (κ3) is 3.13. The van der Waals surface area contributed by atoms with Gasteiger partial charge >= 0.3 is 5.97 Å². The Balaban J connectivity index is 2.00. The summed E-state index contributed by atoms with van der Waals surface area (Å²) in [5.41, 5.74) is 0.496. The molecule has 2 heterocycles. The Morgan fingerprint density at radius 2 is 2.00 bits per heavy atom. The van der Waals surface area contributed by atoms with E-state index in [1.807, 2.05) is 0 Å². The largest absolute Gasteiger partial charge is 0.481 e. The molecule has 0 atom stereocenters. The van der Waals surface area contributed by atoms with Crippen LogP contribution in [0.4, 0.5) is 5.82 Å². The fourth-order valence-corrected chi connectivity index (χ4v) is 1.79. The van der Waals surface area contributed by atoms with Crippen molar-refractivity contribution in [3.63, 3.8) is 0 Å². The van der Waals surface area contributed by atoms with Gasteiger partial charge in [0.05, 0.1) is 24.5 Å². The van der Waals surface area contributed by atoms with E-state index in [1.54, 1.807) is 12.4 Å². The first-order valence-electron chi connectivity index (χ1n) is 5.61. The predicted molar refractivity (Wildman–Crippen MR) is 63.1 cm³/mol. The molecule has 1 aliphatic heterocycles. The van der Waals surface area contributed by atoms with Crippen molar-refractivity contribution in [2.75, 3.05) is 38.1 Å². The van der Waals surface area contributed by atoms with Gasteiger partial charge < -0.3 is 14.9 Å². The van der Waals surface area contributed by atoms with Gasteiger partial charge in [0.1, 0.15) is 5.82 Å².